The predicted octanol–water partition coefficient (Wildman–Crippen LogP) is 1.42. The lowest BCUT2D eigenvalue weighted by atomic mass is 10.1. The minimum absolute atomic E-state index is 0.166. The Morgan fingerprint density at radius 1 is 1.50 bits per heavy atom. The Morgan fingerprint density at radius 2 is 2.19 bits per heavy atom. The molecule has 2 N–H and O–H groups in total. The lowest BCUT2D eigenvalue weighted by molar-refractivity contribution is -0.137. The van der Waals surface area contributed by atoms with Gasteiger partial charge in [-0.05, 0) is 25.1 Å². The van der Waals surface area contributed by atoms with Gasteiger partial charge in [0.1, 0.15) is 5.82 Å². The fraction of sp³-hybridized carbons (Fsp3) is 0.273. The largest absolute Gasteiger partial charge is 0.481 e. The summed E-state index contributed by atoms with van der Waals surface area (Å²) < 4.78 is 12.8. The third kappa shape index (κ3) is 3.68. The molecule has 1 atom stereocenters. The van der Waals surface area contributed by atoms with Crippen LogP contribution in [0.5, 0.6) is 0 Å². The first-order chi connectivity index (χ1) is 7.49. The van der Waals surface area contributed by atoms with Crippen molar-refractivity contribution in [1.82, 2.24) is 5.32 Å². The number of carbonyl (C=O) groups excluding carboxylic acids is 1. The van der Waals surface area contributed by atoms with Crippen LogP contribution in [0.1, 0.15) is 23.7 Å². The zero-order chi connectivity index (χ0) is 12.1. The molecule has 0 saturated heterocycles. The molecule has 0 heterocycles. The Bertz CT molecular complexity index is 406. The summed E-state index contributed by atoms with van der Waals surface area (Å²) in [6, 6.07) is 4.73. The Labute approximate surface area is 92.1 Å². The molecule has 86 valence electrons. The highest BCUT2D eigenvalue weighted by Crippen LogP contribution is 2.04. The third-order valence-corrected chi connectivity index (χ3v) is 1.95. The SMILES string of the molecule is CC(CC(=O)O)NC(=O)c1cccc(F)c1. The van der Waals surface area contributed by atoms with Crippen molar-refractivity contribution >= 4 is 11.9 Å². The van der Waals surface area contributed by atoms with E-state index >= 15 is 0 Å². The van der Waals surface area contributed by atoms with Gasteiger partial charge < -0.3 is 10.4 Å². The molecule has 1 aromatic carbocycles. The van der Waals surface area contributed by atoms with Crippen molar-refractivity contribution < 1.29 is 19.1 Å². The molecule has 0 fully saturated rings. The van der Waals surface area contributed by atoms with Gasteiger partial charge in [0, 0.05) is 11.6 Å². The zero-order valence-corrected chi connectivity index (χ0v) is 8.74. The molecule has 0 spiro atoms. The standard InChI is InChI=1S/C11H12FNO3/c1-7(5-10(14)15)13-11(16)8-3-2-4-9(12)6-8/h2-4,6-7H,5H2,1H3,(H,13,16)(H,14,15). The molecule has 0 aliphatic rings. The van der Waals surface area contributed by atoms with Crippen molar-refractivity contribution in [2.45, 2.75) is 19.4 Å². The molecule has 4 nitrogen and oxygen atoms in total. The molecule has 0 aliphatic heterocycles. The Kier molecular flexibility index (Phi) is 3.99. The van der Waals surface area contributed by atoms with E-state index in [1.165, 1.54) is 18.2 Å². The number of rotatable bonds is 4. The molecule has 1 unspecified atom stereocenters. The Balaban J connectivity index is 2.62. The summed E-state index contributed by atoms with van der Waals surface area (Å²) in [5, 5.41) is 11.0. The molecule has 0 aliphatic carbocycles. The molecule has 1 aromatic rings. The van der Waals surface area contributed by atoms with E-state index in [0.29, 0.717) is 0 Å². The van der Waals surface area contributed by atoms with Crippen LogP contribution in [0.3, 0.4) is 0 Å². The van der Waals surface area contributed by atoms with Gasteiger partial charge in [-0.15, -0.1) is 0 Å². The first-order valence-corrected chi connectivity index (χ1v) is 4.77. The smallest absolute Gasteiger partial charge is 0.305 e. The zero-order valence-electron chi connectivity index (χ0n) is 8.74. The summed E-state index contributed by atoms with van der Waals surface area (Å²) >= 11 is 0. The number of nitrogens with one attached hydrogen (secondary N) is 1. The Morgan fingerprint density at radius 3 is 2.75 bits per heavy atom. The summed E-state index contributed by atoms with van der Waals surface area (Å²) in [5.74, 6) is -1.97. The van der Waals surface area contributed by atoms with Crippen molar-refractivity contribution in [3.05, 3.63) is 35.6 Å². The van der Waals surface area contributed by atoms with Gasteiger partial charge in [0.15, 0.2) is 0 Å². The van der Waals surface area contributed by atoms with Crippen LogP contribution in [0.15, 0.2) is 24.3 Å². The summed E-state index contributed by atoms with van der Waals surface area (Å²) in [4.78, 5) is 21.9. The van der Waals surface area contributed by atoms with Gasteiger partial charge in [-0.25, -0.2) is 4.39 Å². The average Bonchev–Trinajstić information content (AvgIpc) is 2.16. The number of carboxylic acids is 1. The van der Waals surface area contributed by atoms with E-state index in [9.17, 15) is 14.0 Å². The maximum Gasteiger partial charge on any atom is 0.305 e. The van der Waals surface area contributed by atoms with Crippen LogP contribution in [-0.4, -0.2) is 23.0 Å². The molecule has 1 amide bonds. The van der Waals surface area contributed by atoms with Gasteiger partial charge in [0.05, 0.1) is 6.42 Å². The van der Waals surface area contributed by atoms with Crippen LogP contribution in [0.25, 0.3) is 0 Å². The van der Waals surface area contributed by atoms with E-state index in [2.05, 4.69) is 5.32 Å². The predicted molar refractivity (Wildman–Crippen MR) is 55.6 cm³/mol. The molecule has 16 heavy (non-hydrogen) atoms. The van der Waals surface area contributed by atoms with Crippen molar-refractivity contribution in [1.29, 1.82) is 0 Å². The summed E-state index contributed by atoms with van der Waals surface area (Å²) in [6.45, 7) is 1.57. The number of aliphatic carboxylic acids is 1. The van der Waals surface area contributed by atoms with Crippen LogP contribution in [0, 0.1) is 5.82 Å². The minimum atomic E-state index is -0.993. The normalized spacial score (nSPS) is 11.9. The second kappa shape index (κ2) is 5.25. The van der Waals surface area contributed by atoms with E-state index in [1.54, 1.807) is 6.92 Å². The highest BCUT2D eigenvalue weighted by Gasteiger charge is 2.12. The van der Waals surface area contributed by atoms with Crippen LogP contribution in [-0.2, 0) is 4.79 Å². The van der Waals surface area contributed by atoms with Gasteiger partial charge in [-0.1, -0.05) is 6.07 Å². The van der Waals surface area contributed by atoms with Gasteiger partial charge >= 0.3 is 5.97 Å². The fourth-order valence-electron chi connectivity index (χ4n) is 1.25. The lowest BCUT2D eigenvalue weighted by Gasteiger charge is -2.11. The second-order valence-electron chi connectivity index (χ2n) is 3.48. The average molecular weight is 225 g/mol. The quantitative estimate of drug-likeness (QED) is 0.814. The van der Waals surface area contributed by atoms with E-state index in [-0.39, 0.29) is 12.0 Å². The molecule has 5 heteroatoms. The second-order valence-corrected chi connectivity index (χ2v) is 3.48. The fourth-order valence-corrected chi connectivity index (χ4v) is 1.25. The van der Waals surface area contributed by atoms with Crippen molar-refractivity contribution in [2.24, 2.45) is 0 Å². The number of hydrogen-bond donors (Lipinski definition) is 2. The van der Waals surface area contributed by atoms with Crippen molar-refractivity contribution in [2.75, 3.05) is 0 Å². The summed E-state index contributed by atoms with van der Waals surface area (Å²) in [6.07, 6.45) is -0.166. The molecule has 0 aromatic heterocycles. The van der Waals surface area contributed by atoms with Crippen LogP contribution < -0.4 is 5.32 Å². The number of hydrogen-bond acceptors (Lipinski definition) is 2. The molecule has 0 bridgehead atoms. The van der Waals surface area contributed by atoms with Gasteiger partial charge in [0.25, 0.3) is 5.91 Å². The minimum Gasteiger partial charge on any atom is -0.481 e. The van der Waals surface area contributed by atoms with Crippen molar-refractivity contribution in [3.8, 4) is 0 Å². The van der Waals surface area contributed by atoms with Gasteiger partial charge in [-0.2, -0.15) is 0 Å². The van der Waals surface area contributed by atoms with Gasteiger partial charge in [0.2, 0.25) is 0 Å². The number of halogens is 1. The molecule has 0 saturated carbocycles. The molecule has 1 rings (SSSR count). The maximum atomic E-state index is 12.8. The monoisotopic (exact) mass is 225 g/mol. The molecular formula is C11H12FNO3. The van der Waals surface area contributed by atoms with Gasteiger partial charge in [-0.3, -0.25) is 9.59 Å². The molecular weight excluding hydrogens is 213 g/mol. The van der Waals surface area contributed by atoms with Crippen LogP contribution in [0.2, 0.25) is 0 Å². The van der Waals surface area contributed by atoms with E-state index in [0.717, 1.165) is 6.07 Å². The van der Waals surface area contributed by atoms with E-state index in [4.69, 9.17) is 5.11 Å². The van der Waals surface area contributed by atoms with E-state index in [1.807, 2.05) is 0 Å². The number of amides is 1. The van der Waals surface area contributed by atoms with Crippen LogP contribution in [0.4, 0.5) is 4.39 Å². The first kappa shape index (κ1) is 12.2. The maximum absolute atomic E-state index is 12.8. The number of carboxylic acid groups (broad SMARTS) is 1. The lowest BCUT2D eigenvalue weighted by Crippen LogP contribution is -2.34. The summed E-state index contributed by atoms with van der Waals surface area (Å²) in [5.41, 5.74) is 0.178. The van der Waals surface area contributed by atoms with Crippen LogP contribution >= 0.6 is 0 Å². The number of carbonyl (C=O) groups is 2. The first-order valence-electron chi connectivity index (χ1n) is 4.77. The third-order valence-electron chi connectivity index (χ3n) is 1.95. The van der Waals surface area contributed by atoms with Crippen molar-refractivity contribution in [3.63, 3.8) is 0 Å². The highest BCUT2D eigenvalue weighted by molar-refractivity contribution is 5.94. The van der Waals surface area contributed by atoms with E-state index < -0.39 is 23.7 Å². The Hall–Kier alpha value is -1.91. The molecule has 0 radical (unpaired) electrons. The summed E-state index contributed by atoms with van der Waals surface area (Å²) in [7, 11) is 0. The topological polar surface area (TPSA) is 66.4 Å². The highest BCUT2D eigenvalue weighted by atomic mass is 19.1. The number of benzene rings is 1.